The number of fused-ring (bicyclic) bond motifs is 1. The largest absolute Gasteiger partial charge is 0.489 e. The summed E-state index contributed by atoms with van der Waals surface area (Å²) in [4.78, 5) is 41.6. The number of carboxylic acids is 1. The van der Waals surface area contributed by atoms with E-state index in [1.165, 1.54) is 4.68 Å². The molecule has 9 nitrogen and oxygen atoms in total. The van der Waals surface area contributed by atoms with E-state index in [0.29, 0.717) is 55.2 Å². The number of carboxylic acid groups (broad SMARTS) is 1. The van der Waals surface area contributed by atoms with Crippen molar-refractivity contribution in [1.82, 2.24) is 9.78 Å². The molecule has 1 saturated heterocycles. The summed E-state index contributed by atoms with van der Waals surface area (Å²) in [6.45, 7) is 7.02. The van der Waals surface area contributed by atoms with E-state index in [2.05, 4.69) is 11.7 Å². The maximum absolute atomic E-state index is 13.8. The van der Waals surface area contributed by atoms with Crippen LogP contribution in [0, 0.1) is 0 Å². The van der Waals surface area contributed by atoms with Crippen molar-refractivity contribution in [3.8, 4) is 11.4 Å². The molecule has 0 radical (unpaired) electrons. The molecule has 3 aromatic rings. The average Bonchev–Trinajstić information content (AvgIpc) is 3.38. The number of rotatable bonds is 9. The molecule has 9 heteroatoms. The fourth-order valence-corrected chi connectivity index (χ4v) is 5.22. The first-order valence-corrected chi connectivity index (χ1v) is 13.7. The quantitative estimate of drug-likeness (QED) is 0.359. The summed E-state index contributed by atoms with van der Waals surface area (Å²) in [5.74, 6) is -0.787. The van der Waals surface area contributed by atoms with Crippen molar-refractivity contribution >= 4 is 29.2 Å². The molecule has 0 aliphatic carbocycles. The van der Waals surface area contributed by atoms with Crippen molar-refractivity contribution in [2.75, 3.05) is 29.5 Å². The predicted molar refractivity (Wildman–Crippen MR) is 157 cm³/mol. The highest BCUT2D eigenvalue weighted by atomic mass is 16.5. The number of ether oxygens (including phenoxy) is 1. The van der Waals surface area contributed by atoms with Gasteiger partial charge in [0, 0.05) is 36.4 Å². The molecular weight excluding hydrogens is 520 g/mol. The maximum atomic E-state index is 13.8. The Balaban J connectivity index is 1.40. The van der Waals surface area contributed by atoms with Gasteiger partial charge in [-0.3, -0.25) is 9.59 Å². The topological polar surface area (TPSA) is 105 Å². The van der Waals surface area contributed by atoms with Crippen LogP contribution in [0.1, 0.15) is 52.7 Å². The molecule has 210 valence electrons. The number of anilines is 2. The summed E-state index contributed by atoms with van der Waals surface area (Å²) in [5.41, 5.74) is 3.50. The lowest BCUT2D eigenvalue weighted by Gasteiger charge is -2.29. The molecule has 2 amide bonds. The number of allylic oxidation sites excluding steroid dienone is 3. The van der Waals surface area contributed by atoms with Gasteiger partial charge in [-0.05, 0) is 80.3 Å². The van der Waals surface area contributed by atoms with E-state index in [1.807, 2.05) is 49.4 Å². The number of aromatic nitrogens is 2. The van der Waals surface area contributed by atoms with Gasteiger partial charge >= 0.3 is 5.97 Å². The lowest BCUT2D eigenvalue weighted by Crippen LogP contribution is -2.39. The number of carbonyl (C=O) groups is 3. The molecule has 1 fully saturated rings. The Labute approximate surface area is 238 Å². The predicted octanol–water partition coefficient (Wildman–Crippen LogP) is 5.36. The molecule has 2 aromatic carbocycles. The van der Waals surface area contributed by atoms with Gasteiger partial charge in [-0.1, -0.05) is 30.9 Å². The van der Waals surface area contributed by atoms with Gasteiger partial charge in [-0.15, -0.1) is 0 Å². The maximum Gasteiger partial charge on any atom is 0.356 e. The Hall–Kier alpha value is -4.92. The Morgan fingerprint density at radius 2 is 1.66 bits per heavy atom. The molecule has 1 aromatic heterocycles. The van der Waals surface area contributed by atoms with E-state index in [-0.39, 0.29) is 23.2 Å². The Morgan fingerprint density at radius 3 is 2.29 bits per heavy atom. The molecule has 0 unspecified atom stereocenters. The molecule has 1 N–H and O–H groups in total. The SMILES string of the molecule is C=C/C=C(\C=C/C)COc1ccc(-n2nc(C(=O)O)c3c2C(=O)N(c2ccc(N4CCCCC4=O)cc2)CC3)cc1. The lowest BCUT2D eigenvalue weighted by molar-refractivity contribution is -0.119. The number of hydrogen-bond donors (Lipinski definition) is 1. The highest BCUT2D eigenvalue weighted by Gasteiger charge is 2.35. The molecule has 0 atom stereocenters. The minimum Gasteiger partial charge on any atom is -0.489 e. The number of nitrogens with zero attached hydrogens (tertiary/aromatic N) is 4. The van der Waals surface area contributed by atoms with Gasteiger partial charge in [0.1, 0.15) is 18.1 Å². The normalized spacial score (nSPS) is 15.8. The molecule has 0 saturated carbocycles. The molecule has 2 aliphatic rings. The third kappa shape index (κ3) is 5.70. The first-order chi connectivity index (χ1) is 19.9. The zero-order chi connectivity index (χ0) is 28.9. The van der Waals surface area contributed by atoms with Gasteiger partial charge < -0.3 is 19.6 Å². The lowest BCUT2D eigenvalue weighted by atomic mass is 10.0. The molecule has 41 heavy (non-hydrogen) atoms. The van der Waals surface area contributed by atoms with E-state index in [1.54, 1.807) is 40.1 Å². The van der Waals surface area contributed by atoms with E-state index < -0.39 is 5.97 Å². The molecule has 2 aliphatic heterocycles. The monoisotopic (exact) mass is 552 g/mol. The third-order valence-electron chi connectivity index (χ3n) is 7.22. The highest BCUT2D eigenvalue weighted by molar-refractivity contribution is 6.09. The molecular formula is C32H32N4O5. The Bertz CT molecular complexity index is 1530. The van der Waals surface area contributed by atoms with Crippen LogP contribution >= 0.6 is 0 Å². The molecule has 0 spiro atoms. The second-order valence-corrected chi connectivity index (χ2v) is 9.88. The number of benzene rings is 2. The van der Waals surface area contributed by atoms with Gasteiger partial charge in [0.15, 0.2) is 5.69 Å². The van der Waals surface area contributed by atoms with Crippen LogP contribution in [0.2, 0.25) is 0 Å². The highest BCUT2D eigenvalue weighted by Crippen LogP contribution is 2.31. The summed E-state index contributed by atoms with van der Waals surface area (Å²) in [6.07, 6.45) is 10.2. The number of carbonyl (C=O) groups excluding carboxylic acids is 2. The number of aromatic carboxylic acids is 1. The van der Waals surface area contributed by atoms with Crippen molar-refractivity contribution in [3.63, 3.8) is 0 Å². The second kappa shape index (κ2) is 12.1. The van der Waals surface area contributed by atoms with Crippen LogP contribution in [0.5, 0.6) is 5.75 Å². The van der Waals surface area contributed by atoms with E-state index >= 15 is 0 Å². The fourth-order valence-electron chi connectivity index (χ4n) is 5.22. The van der Waals surface area contributed by atoms with Gasteiger partial charge in [0.05, 0.1) is 5.69 Å². The van der Waals surface area contributed by atoms with E-state index in [9.17, 15) is 19.5 Å². The van der Waals surface area contributed by atoms with Crippen LogP contribution in [0.15, 0.2) is 85.0 Å². The number of amides is 2. The van der Waals surface area contributed by atoms with E-state index in [4.69, 9.17) is 4.74 Å². The van der Waals surface area contributed by atoms with Gasteiger partial charge in [0.2, 0.25) is 5.91 Å². The van der Waals surface area contributed by atoms with Crippen molar-refractivity contribution < 1.29 is 24.2 Å². The van der Waals surface area contributed by atoms with E-state index in [0.717, 1.165) is 24.1 Å². The second-order valence-electron chi connectivity index (χ2n) is 9.88. The standard InChI is InChI=1S/C32H32N4O5/c1-3-7-22(8-4-2)21-41-26-16-14-25(15-17-26)36-30-27(29(33-36)32(39)40)18-20-35(31(30)38)24-12-10-23(11-13-24)34-19-6-5-9-28(34)37/h3-4,7-8,10-17H,1,5-6,9,18-21H2,2H3,(H,39,40)/b8-4-,22-7+. The van der Waals surface area contributed by atoms with Crippen LogP contribution in [0.4, 0.5) is 11.4 Å². The molecule has 5 rings (SSSR count). The number of hydrogen-bond acceptors (Lipinski definition) is 5. The van der Waals surface area contributed by atoms with Gasteiger partial charge in [-0.25, -0.2) is 9.48 Å². The summed E-state index contributed by atoms with van der Waals surface area (Å²) in [5, 5.41) is 14.2. The average molecular weight is 553 g/mol. The first-order valence-electron chi connectivity index (χ1n) is 13.7. The fraction of sp³-hybridized carbons (Fsp3) is 0.250. The number of piperidine rings is 1. The summed E-state index contributed by atoms with van der Waals surface area (Å²) >= 11 is 0. The van der Waals surface area contributed by atoms with Crippen LogP contribution in [0.3, 0.4) is 0 Å². The van der Waals surface area contributed by atoms with Crippen LogP contribution < -0.4 is 14.5 Å². The third-order valence-corrected chi connectivity index (χ3v) is 7.22. The van der Waals surface area contributed by atoms with Crippen molar-refractivity contribution in [3.05, 3.63) is 102 Å². The minimum atomic E-state index is -1.18. The minimum absolute atomic E-state index is 0.107. The van der Waals surface area contributed by atoms with Crippen molar-refractivity contribution in [2.45, 2.75) is 32.6 Å². The molecule has 3 heterocycles. The van der Waals surface area contributed by atoms with Crippen LogP contribution in [-0.2, 0) is 11.2 Å². The zero-order valence-corrected chi connectivity index (χ0v) is 23.0. The summed E-state index contributed by atoms with van der Waals surface area (Å²) < 4.78 is 7.29. The summed E-state index contributed by atoms with van der Waals surface area (Å²) in [7, 11) is 0. The van der Waals surface area contributed by atoms with Crippen LogP contribution in [0.25, 0.3) is 5.69 Å². The molecule has 0 bridgehead atoms. The van der Waals surface area contributed by atoms with Crippen molar-refractivity contribution in [2.24, 2.45) is 0 Å². The van der Waals surface area contributed by atoms with Gasteiger partial charge in [-0.2, -0.15) is 5.10 Å². The van der Waals surface area contributed by atoms with Crippen molar-refractivity contribution in [1.29, 1.82) is 0 Å². The smallest absolute Gasteiger partial charge is 0.356 e. The zero-order valence-electron chi connectivity index (χ0n) is 23.0. The summed E-state index contributed by atoms with van der Waals surface area (Å²) in [6, 6.07) is 14.4. The Kier molecular flexibility index (Phi) is 8.14. The first kappa shape index (κ1) is 27.6. The van der Waals surface area contributed by atoms with Gasteiger partial charge in [0.25, 0.3) is 5.91 Å². The van der Waals surface area contributed by atoms with Crippen LogP contribution in [-0.4, -0.2) is 52.4 Å². The Morgan fingerprint density at radius 1 is 0.976 bits per heavy atom.